The zero-order valence-electron chi connectivity index (χ0n) is 13.8. The Balaban J connectivity index is 1.76. The van der Waals surface area contributed by atoms with E-state index in [9.17, 15) is 9.59 Å². The lowest BCUT2D eigenvalue weighted by Gasteiger charge is -2.31. The molecule has 0 aliphatic carbocycles. The highest BCUT2D eigenvalue weighted by atomic mass is 32.1. The molecule has 1 aliphatic rings. The van der Waals surface area contributed by atoms with Crippen LogP contribution in [-0.4, -0.2) is 48.2 Å². The van der Waals surface area contributed by atoms with E-state index in [1.165, 1.54) is 7.11 Å². The van der Waals surface area contributed by atoms with Gasteiger partial charge in [-0.25, -0.2) is 14.6 Å². The van der Waals surface area contributed by atoms with Crippen LogP contribution in [0.5, 0.6) is 0 Å². The van der Waals surface area contributed by atoms with E-state index in [1.807, 2.05) is 12.3 Å². The highest BCUT2D eigenvalue weighted by molar-refractivity contribution is 7.09. The van der Waals surface area contributed by atoms with Crippen molar-refractivity contribution < 1.29 is 14.3 Å². The lowest BCUT2D eigenvalue weighted by atomic mass is 10.1. The Morgan fingerprint density at radius 1 is 1.48 bits per heavy atom. The number of carbonyl (C=O) groups excluding carboxylic acids is 2. The van der Waals surface area contributed by atoms with Gasteiger partial charge in [0, 0.05) is 24.5 Å². The zero-order chi connectivity index (χ0) is 16.8. The number of aromatic nitrogens is 1. The second-order valence-corrected chi connectivity index (χ2v) is 6.53. The van der Waals surface area contributed by atoms with Gasteiger partial charge in [-0.3, -0.25) is 0 Å². The topological polar surface area (TPSA) is 83.6 Å². The average molecular weight is 340 g/mol. The number of amides is 3. The first-order valence-electron chi connectivity index (χ1n) is 7.87. The van der Waals surface area contributed by atoms with E-state index in [1.54, 1.807) is 16.2 Å². The summed E-state index contributed by atoms with van der Waals surface area (Å²) >= 11 is 1.61. The molecule has 7 nitrogen and oxygen atoms in total. The molecule has 1 unspecified atom stereocenters. The molecule has 1 fully saturated rings. The first-order valence-corrected chi connectivity index (χ1v) is 8.75. The second kappa shape index (κ2) is 8.14. The molecule has 23 heavy (non-hydrogen) atoms. The molecule has 2 rings (SSSR count). The number of likely N-dealkylation sites (tertiary alicyclic amines) is 1. The first-order chi connectivity index (χ1) is 11.0. The molecule has 2 heterocycles. The molecule has 1 aromatic heterocycles. The van der Waals surface area contributed by atoms with E-state index in [0.717, 1.165) is 30.0 Å². The van der Waals surface area contributed by atoms with Gasteiger partial charge in [0.2, 0.25) is 0 Å². The number of hydrogen-bond donors (Lipinski definition) is 2. The summed E-state index contributed by atoms with van der Waals surface area (Å²) in [5, 5.41) is 8.94. The van der Waals surface area contributed by atoms with Crippen LogP contribution in [-0.2, 0) is 11.2 Å². The number of thiazole rings is 1. The second-order valence-electron chi connectivity index (χ2n) is 5.59. The predicted octanol–water partition coefficient (Wildman–Crippen LogP) is 2.30. The normalized spacial score (nSPS) is 16.7. The Morgan fingerprint density at radius 2 is 2.17 bits per heavy atom. The molecule has 0 saturated carbocycles. The Hall–Kier alpha value is -1.83. The van der Waals surface area contributed by atoms with Crippen LogP contribution in [0.1, 0.15) is 43.4 Å². The summed E-state index contributed by atoms with van der Waals surface area (Å²) in [6.07, 6.45) is 2.06. The number of piperidine rings is 1. The highest BCUT2D eigenvalue weighted by Gasteiger charge is 2.24. The van der Waals surface area contributed by atoms with Crippen molar-refractivity contribution in [2.24, 2.45) is 0 Å². The number of methoxy groups -OCH3 is 1. The molecule has 0 aromatic carbocycles. The molecule has 1 aliphatic heterocycles. The number of nitrogens with one attached hydrogen (secondary N) is 2. The number of aryl methyl sites for hydroxylation is 1. The third kappa shape index (κ3) is 4.82. The maximum Gasteiger partial charge on any atom is 0.409 e. The van der Waals surface area contributed by atoms with Crippen LogP contribution >= 0.6 is 11.3 Å². The molecule has 128 valence electrons. The summed E-state index contributed by atoms with van der Waals surface area (Å²) in [7, 11) is 1.38. The van der Waals surface area contributed by atoms with Crippen LogP contribution in [0.2, 0.25) is 0 Å². The van der Waals surface area contributed by atoms with Gasteiger partial charge in [0.15, 0.2) is 0 Å². The lowest BCUT2D eigenvalue weighted by Crippen LogP contribution is -2.49. The number of rotatable bonds is 4. The Bertz CT molecular complexity index is 541. The largest absolute Gasteiger partial charge is 0.453 e. The van der Waals surface area contributed by atoms with Crippen molar-refractivity contribution in [1.29, 1.82) is 0 Å². The Morgan fingerprint density at radius 3 is 2.74 bits per heavy atom. The van der Waals surface area contributed by atoms with Crippen molar-refractivity contribution >= 4 is 23.5 Å². The van der Waals surface area contributed by atoms with Gasteiger partial charge in [0.05, 0.1) is 23.9 Å². The van der Waals surface area contributed by atoms with E-state index in [0.29, 0.717) is 13.1 Å². The van der Waals surface area contributed by atoms with Crippen molar-refractivity contribution in [3.8, 4) is 0 Å². The van der Waals surface area contributed by atoms with E-state index < -0.39 is 0 Å². The van der Waals surface area contributed by atoms with Crippen LogP contribution in [0, 0.1) is 0 Å². The summed E-state index contributed by atoms with van der Waals surface area (Å²) in [6, 6.07) is -0.244. The van der Waals surface area contributed by atoms with Crippen molar-refractivity contribution in [2.45, 2.75) is 45.2 Å². The van der Waals surface area contributed by atoms with Gasteiger partial charge in [0.1, 0.15) is 0 Å². The Kier molecular flexibility index (Phi) is 6.20. The van der Waals surface area contributed by atoms with Crippen LogP contribution in [0.25, 0.3) is 0 Å². The minimum Gasteiger partial charge on any atom is -0.453 e. The van der Waals surface area contributed by atoms with E-state index in [2.05, 4.69) is 22.5 Å². The predicted molar refractivity (Wildman–Crippen MR) is 88.6 cm³/mol. The van der Waals surface area contributed by atoms with Crippen molar-refractivity contribution in [3.63, 3.8) is 0 Å². The van der Waals surface area contributed by atoms with Crippen LogP contribution in [0.4, 0.5) is 9.59 Å². The third-order valence-electron chi connectivity index (χ3n) is 3.93. The highest BCUT2D eigenvalue weighted by Crippen LogP contribution is 2.17. The fourth-order valence-electron chi connectivity index (χ4n) is 2.52. The number of carbonyl (C=O) groups is 2. The maximum absolute atomic E-state index is 12.1. The molecule has 1 atom stereocenters. The van der Waals surface area contributed by atoms with Crippen LogP contribution < -0.4 is 10.6 Å². The van der Waals surface area contributed by atoms with Gasteiger partial charge >= 0.3 is 12.1 Å². The van der Waals surface area contributed by atoms with Gasteiger partial charge in [-0.2, -0.15) is 0 Å². The molecule has 1 saturated heterocycles. The minimum atomic E-state index is -0.309. The van der Waals surface area contributed by atoms with Crippen molar-refractivity contribution in [2.75, 3.05) is 20.2 Å². The molecule has 0 bridgehead atoms. The molecule has 3 amide bonds. The maximum atomic E-state index is 12.1. The Labute approximate surface area is 140 Å². The molecule has 0 radical (unpaired) electrons. The van der Waals surface area contributed by atoms with Gasteiger partial charge in [-0.15, -0.1) is 11.3 Å². The quantitative estimate of drug-likeness (QED) is 0.881. The molecular weight excluding hydrogens is 316 g/mol. The smallest absolute Gasteiger partial charge is 0.409 e. The van der Waals surface area contributed by atoms with Crippen molar-refractivity contribution in [1.82, 2.24) is 20.5 Å². The lowest BCUT2D eigenvalue weighted by molar-refractivity contribution is 0.110. The summed E-state index contributed by atoms with van der Waals surface area (Å²) in [5.74, 6) is 0. The van der Waals surface area contributed by atoms with Gasteiger partial charge < -0.3 is 20.3 Å². The van der Waals surface area contributed by atoms with E-state index in [-0.39, 0.29) is 24.2 Å². The molecular formula is C15H24N4O3S. The molecule has 0 spiro atoms. The summed E-state index contributed by atoms with van der Waals surface area (Å²) in [5.41, 5.74) is 0.891. The van der Waals surface area contributed by atoms with Crippen LogP contribution in [0.3, 0.4) is 0 Å². The number of nitrogens with zero attached hydrogens (tertiary/aromatic N) is 2. The third-order valence-corrected chi connectivity index (χ3v) is 4.94. The van der Waals surface area contributed by atoms with Crippen molar-refractivity contribution in [3.05, 3.63) is 16.1 Å². The average Bonchev–Trinajstić information content (AvgIpc) is 3.04. The number of hydrogen-bond acceptors (Lipinski definition) is 5. The van der Waals surface area contributed by atoms with Gasteiger partial charge in [0.25, 0.3) is 0 Å². The fourth-order valence-corrected chi connectivity index (χ4v) is 3.36. The van der Waals surface area contributed by atoms with Gasteiger partial charge in [-0.05, 0) is 26.2 Å². The summed E-state index contributed by atoms with van der Waals surface area (Å²) in [6.45, 7) is 5.18. The SMILES string of the molecule is CCc1nc(C(C)NC(=O)NC2CCN(C(=O)OC)CC2)cs1. The number of urea groups is 1. The van der Waals surface area contributed by atoms with Crippen LogP contribution in [0.15, 0.2) is 5.38 Å². The number of ether oxygens (including phenoxy) is 1. The standard InChI is InChI=1S/C15H24N4O3S/c1-4-13-18-12(9-23-13)10(2)16-14(20)17-11-5-7-19(8-6-11)15(21)22-3/h9-11H,4-8H2,1-3H3,(H2,16,17,20). The first kappa shape index (κ1) is 17.5. The molecule has 8 heteroatoms. The minimum absolute atomic E-state index is 0.0738. The summed E-state index contributed by atoms with van der Waals surface area (Å²) < 4.78 is 4.70. The van der Waals surface area contributed by atoms with E-state index >= 15 is 0 Å². The summed E-state index contributed by atoms with van der Waals surface area (Å²) in [4.78, 5) is 29.7. The molecule has 1 aromatic rings. The zero-order valence-corrected chi connectivity index (χ0v) is 14.6. The molecule has 2 N–H and O–H groups in total. The fraction of sp³-hybridized carbons (Fsp3) is 0.667. The van der Waals surface area contributed by atoms with E-state index in [4.69, 9.17) is 4.74 Å². The monoisotopic (exact) mass is 340 g/mol. The van der Waals surface area contributed by atoms with Gasteiger partial charge in [-0.1, -0.05) is 6.92 Å².